The summed E-state index contributed by atoms with van der Waals surface area (Å²) in [4.78, 5) is 7.02. The van der Waals surface area contributed by atoms with Gasteiger partial charge in [0.05, 0.1) is 5.69 Å². The van der Waals surface area contributed by atoms with Gasteiger partial charge < -0.3 is 20.1 Å². The predicted octanol–water partition coefficient (Wildman–Crippen LogP) is 4.23. The van der Waals surface area contributed by atoms with Crippen LogP contribution in [0.4, 0.5) is 10.1 Å². The molecule has 33 heavy (non-hydrogen) atoms. The highest BCUT2D eigenvalue weighted by atomic mass is 127. The number of hydrogen-bond acceptors (Lipinski definition) is 4. The Kier molecular flexibility index (Phi) is 9.34. The Morgan fingerprint density at radius 1 is 1.06 bits per heavy atom. The largest absolute Gasteiger partial charge is 0.367 e. The van der Waals surface area contributed by atoms with E-state index in [0.29, 0.717) is 18.3 Å². The third-order valence-electron chi connectivity index (χ3n) is 6.71. The molecule has 2 aliphatic rings. The second kappa shape index (κ2) is 12.0. The maximum Gasteiger partial charge on any atom is 0.192 e. The van der Waals surface area contributed by atoms with Gasteiger partial charge in [-0.2, -0.15) is 0 Å². The van der Waals surface area contributed by atoms with E-state index in [1.165, 1.54) is 32.1 Å². The maximum atomic E-state index is 14.5. The number of halogens is 2. The first kappa shape index (κ1) is 25.7. The van der Waals surface area contributed by atoms with Crippen LogP contribution in [0, 0.1) is 19.7 Å². The van der Waals surface area contributed by atoms with E-state index in [9.17, 15) is 4.39 Å². The number of anilines is 1. The summed E-state index contributed by atoms with van der Waals surface area (Å²) in [6.07, 6.45) is 8.25. The van der Waals surface area contributed by atoms with Gasteiger partial charge in [0.1, 0.15) is 18.2 Å². The van der Waals surface area contributed by atoms with Crippen molar-refractivity contribution in [3.05, 3.63) is 41.2 Å². The second-order valence-electron chi connectivity index (χ2n) is 9.25. The topological polar surface area (TPSA) is 70.4 Å². The molecule has 1 saturated carbocycles. The first-order chi connectivity index (χ1) is 15.5. The smallest absolute Gasteiger partial charge is 0.192 e. The summed E-state index contributed by atoms with van der Waals surface area (Å²) in [7, 11) is 1.97. The highest BCUT2D eigenvalue weighted by Gasteiger charge is 2.24. The Morgan fingerprint density at radius 2 is 1.79 bits per heavy atom. The van der Waals surface area contributed by atoms with Gasteiger partial charge in [-0.15, -0.1) is 34.2 Å². The fourth-order valence-corrected chi connectivity index (χ4v) is 4.68. The normalized spacial score (nSPS) is 19.8. The van der Waals surface area contributed by atoms with E-state index in [0.717, 1.165) is 49.1 Å². The maximum absolute atomic E-state index is 14.5. The molecule has 182 valence electrons. The molecular weight excluding hydrogens is 532 g/mol. The molecule has 1 aliphatic heterocycles. The summed E-state index contributed by atoms with van der Waals surface area (Å²) in [5.41, 5.74) is 1.78. The summed E-state index contributed by atoms with van der Waals surface area (Å²) < 4.78 is 16.5. The van der Waals surface area contributed by atoms with Crippen LogP contribution >= 0.6 is 24.0 Å². The molecule has 2 heterocycles. The molecule has 1 aromatic heterocycles. The van der Waals surface area contributed by atoms with Crippen LogP contribution in [0.2, 0.25) is 0 Å². The highest BCUT2D eigenvalue weighted by Crippen LogP contribution is 2.24. The lowest BCUT2D eigenvalue weighted by molar-refractivity contribution is 0.402. The molecule has 7 nitrogen and oxygen atoms in total. The molecule has 2 fully saturated rings. The summed E-state index contributed by atoms with van der Waals surface area (Å²) in [5, 5.41) is 15.7. The Labute approximate surface area is 213 Å². The zero-order chi connectivity index (χ0) is 22.5. The molecule has 9 heteroatoms. The lowest BCUT2D eigenvalue weighted by Gasteiger charge is -2.36. The van der Waals surface area contributed by atoms with Crippen molar-refractivity contribution in [1.82, 2.24) is 25.4 Å². The standard InChI is InChI=1S/C24H36FN7.HI/c1-17-11-12-21(25)22(14-17)32-13-7-10-20(16-32)28-24(27-19-8-5-4-6-9-19)26-15-23-30-29-18(2)31(23)3;/h11-12,14,19-20H,4-10,13,15-16H2,1-3H3,(H2,26,27,28);1H. The molecule has 4 rings (SSSR count). The molecule has 1 aromatic carbocycles. The van der Waals surface area contributed by atoms with E-state index in [1.807, 2.05) is 37.6 Å². The van der Waals surface area contributed by atoms with Crippen LogP contribution in [0.1, 0.15) is 62.2 Å². The minimum atomic E-state index is -0.150. The van der Waals surface area contributed by atoms with Crippen molar-refractivity contribution in [2.75, 3.05) is 18.0 Å². The lowest BCUT2D eigenvalue weighted by Crippen LogP contribution is -2.53. The number of nitrogens with one attached hydrogen (secondary N) is 2. The number of nitrogens with zero attached hydrogens (tertiary/aromatic N) is 5. The van der Waals surface area contributed by atoms with Crippen molar-refractivity contribution in [3.63, 3.8) is 0 Å². The van der Waals surface area contributed by atoms with Gasteiger partial charge in [-0.05, 0) is 57.2 Å². The summed E-state index contributed by atoms with van der Waals surface area (Å²) in [5.74, 6) is 2.41. The Bertz CT molecular complexity index is 939. The van der Waals surface area contributed by atoms with Crippen molar-refractivity contribution in [2.24, 2.45) is 12.0 Å². The van der Waals surface area contributed by atoms with Gasteiger partial charge in [-0.25, -0.2) is 9.38 Å². The first-order valence-electron chi connectivity index (χ1n) is 11.9. The van der Waals surface area contributed by atoms with E-state index >= 15 is 0 Å². The average Bonchev–Trinajstić information content (AvgIpc) is 3.12. The average molecular weight is 570 g/mol. The van der Waals surface area contributed by atoms with Gasteiger partial charge in [-0.1, -0.05) is 25.3 Å². The van der Waals surface area contributed by atoms with E-state index in [1.54, 1.807) is 6.07 Å². The van der Waals surface area contributed by atoms with Crippen LogP contribution in [-0.4, -0.2) is 45.9 Å². The SMILES string of the molecule is Cc1ccc(F)c(N2CCCC(NC(=NCc3nnc(C)n3C)NC3CCCCC3)C2)c1.I. The van der Waals surface area contributed by atoms with Gasteiger partial charge in [0.25, 0.3) is 0 Å². The third-order valence-corrected chi connectivity index (χ3v) is 6.71. The van der Waals surface area contributed by atoms with Gasteiger partial charge in [0.2, 0.25) is 0 Å². The molecule has 0 spiro atoms. The van der Waals surface area contributed by atoms with Gasteiger partial charge in [-0.3, -0.25) is 0 Å². The minimum Gasteiger partial charge on any atom is -0.367 e. The number of aromatic nitrogens is 3. The quantitative estimate of drug-likeness (QED) is 0.321. The number of benzene rings is 1. The zero-order valence-electron chi connectivity index (χ0n) is 20.0. The molecule has 2 N–H and O–H groups in total. The van der Waals surface area contributed by atoms with Gasteiger partial charge >= 0.3 is 0 Å². The molecule has 1 unspecified atom stereocenters. The second-order valence-corrected chi connectivity index (χ2v) is 9.25. The van der Waals surface area contributed by atoms with Crippen molar-refractivity contribution in [1.29, 1.82) is 0 Å². The number of rotatable bonds is 5. The molecule has 1 saturated heterocycles. The number of guanidine groups is 1. The zero-order valence-corrected chi connectivity index (χ0v) is 22.3. The van der Waals surface area contributed by atoms with Crippen LogP contribution < -0.4 is 15.5 Å². The van der Waals surface area contributed by atoms with Crippen LogP contribution in [0.3, 0.4) is 0 Å². The van der Waals surface area contributed by atoms with E-state index in [-0.39, 0.29) is 35.8 Å². The first-order valence-corrected chi connectivity index (χ1v) is 11.9. The summed E-state index contributed by atoms with van der Waals surface area (Å²) >= 11 is 0. The van der Waals surface area contributed by atoms with Crippen molar-refractivity contribution in [3.8, 4) is 0 Å². The van der Waals surface area contributed by atoms with Gasteiger partial charge in [0, 0.05) is 32.2 Å². The van der Waals surface area contributed by atoms with Crippen LogP contribution in [-0.2, 0) is 13.6 Å². The summed E-state index contributed by atoms with van der Waals surface area (Å²) in [6.45, 7) is 6.06. The molecule has 2 aromatic rings. The monoisotopic (exact) mass is 569 g/mol. The van der Waals surface area contributed by atoms with E-state index in [4.69, 9.17) is 4.99 Å². The molecule has 0 bridgehead atoms. The Morgan fingerprint density at radius 3 is 2.52 bits per heavy atom. The number of hydrogen-bond donors (Lipinski definition) is 2. The molecule has 1 atom stereocenters. The van der Waals surface area contributed by atoms with Crippen molar-refractivity contribution in [2.45, 2.75) is 77.4 Å². The number of aliphatic imine (C=N–C) groups is 1. The van der Waals surface area contributed by atoms with E-state index < -0.39 is 0 Å². The molecule has 0 radical (unpaired) electrons. The Balaban J connectivity index is 0.00000306. The lowest BCUT2D eigenvalue weighted by atomic mass is 9.96. The van der Waals surface area contributed by atoms with Crippen molar-refractivity contribution < 1.29 is 4.39 Å². The fraction of sp³-hybridized carbons (Fsp3) is 0.625. The predicted molar refractivity (Wildman–Crippen MR) is 142 cm³/mol. The van der Waals surface area contributed by atoms with Crippen LogP contribution in [0.5, 0.6) is 0 Å². The fourth-order valence-electron chi connectivity index (χ4n) is 4.68. The summed E-state index contributed by atoms with van der Waals surface area (Å²) in [6, 6.07) is 6.00. The Hall–Kier alpha value is -1.91. The molecule has 0 amide bonds. The highest BCUT2D eigenvalue weighted by molar-refractivity contribution is 14.0. The minimum absolute atomic E-state index is 0. The van der Waals surface area contributed by atoms with Crippen LogP contribution in [0.25, 0.3) is 0 Å². The van der Waals surface area contributed by atoms with E-state index in [2.05, 4.69) is 25.7 Å². The third kappa shape index (κ3) is 6.80. The molecular formula is C24H37FIN7. The van der Waals surface area contributed by atoms with Gasteiger partial charge in [0.15, 0.2) is 11.8 Å². The van der Waals surface area contributed by atoms with Crippen molar-refractivity contribution >= 4 is 35.6 Å². The number of aryl methyl sites for hydroxylation is 2. The molecule has 1 aliphatic carbocycles. The van der Waals surface area contributed by atoms with Crippen LogP contribution in [0.15, 0.2) is 23.2 Å². The number of piperidine rings is 1.